The van der Waals surface area contributed by atoms with E-state index in [0.717, 1.165) is 5.69 Å². The highest BCUT2D eigenvalue weighted by Gasteiger charge is 2.24. The standard InChI is InChI=1S/C17H27FN2O/c1-4-9-20-10-7-14(8-11-20)13(2)19-16-6-5-15(18)12-17(16)21-3/h5-6,12-14,19H,4,7-11H2,1-3H3. The Morgan fingerprint density at radius 3 is 2.71 bits per heavy atom. The highest BCUT2D eigenvalue weighted by atomic mass is 19.1. The number of methoxy groups -OCH3 is 1. The molecule has 0 aliphatic carbocycles. The van der Waals surface area contributed by atoms with Gasteiger partial charge in [0, 0.05) is 12.1 Å². The number of ether oxygens (including phenoxy) is 1. The molecule has 1 fully saturated rings. The molecule has 0 saturated carbocycles. The van der Waals surface area contributed by atoms with Crippen LogP contribution < -0.4 is 10.1 Å². The minimum atomic E-state index is -0.266. The fourth-order valence-corrected chi connectivity index (χ4v) is 3.14. The lowest BCUT2D eigenvalue weighted by atomic mass is 9.90. The van der Waals surface area contributed by atoms with E-state index in [9.17, 15) is 4.39 Å². The largest absolute Gasteiger partial charge is 0.494 e. The van der Waals surface area contributed by atoms with Crippen LogP contribution in [0.15, 0.2) is 18.2 Å². The second-order valence-electron chi connectivity index (χ2n) is 5.96. The van der Waals surface area contributed by atoms with Crippen molar-refractivity contribution in [1.29, 1.82) is 0 Å². The van der Waals surface area contributed by atoms with E-state index in [-0.39, 0.29) is 5.82 Å². The molecule has 1 aromatic carbocycles. The summed E-state index contributed by atoms with van der Waals surface area (Å²) in [6, 6.07) is 5.03. The predicted molar refractivity (Wildman–Crippen MR) is 85.5 cm³/mol. The summed E-state index contributed by atoms with van der Waals surface area (Å²) in [6.07, 6.45) is 3.67. The number of hydrogen-bond acceptors (Lipinski definition) is 3. The Balaban J connectivity index is 1.91. The average molecular weight is 294 g/mol. The third-order valence-electron chi connectivity index (χ3n) is 4.43. The van der Waals surface area contributed by atoms with Crippen LogP contribution in [0.4, 0.5) is 10.1 Å². The summed E-state index contributed by atoms with van der Waals surface area (Å²) in [5.74, 6) is 0.969. The lowest BCUT2D eigenvalue weighted by Gasteiger charge is -2.35. The van der Waals surface area contributed by atoms with Gasteiger partial charge in [-0.15, -0.1) is 0 Å². The number of likely N-dealkylation sites (tertiary alicyclic amines) is 1. The molecular formula is C17H27FN2O. The van der Waals surface area contributed by atoms with Crippen LogP contribution in [0.2, 0.25) is 0 Å². The summed E-state index contributed by atoms with van der Waals surface area (Å²) in [7, 11) is 1.58. The zero-order valence-electron chi connectivity index (χ0n) is 13.4. The summed E-state index contributed by atoms with van der Waals surface area (Å²) in [6.45, 7) is 8.02. The minimum absolute atomic E-state index is 0.266. The molecule has 21 heavy (non-hydrogen) atoms. The van der Waals surface area contributed by atoms with Crippen molar-refractivity contribution in [3.63, 3.8) is 0 Å². The Morgan fingerprint density at radius 1 is 1.38 bits per heavy atom. The van der Waals surface area contributed by atoms with Crippen LogP contribution in [-0.2, 0) is 0 Å². The van der Waals surface area contributed by atoms with Crippen LogP contribution in [0.5, 0.6) is 5.75 Å². The van der Waals surface area contributed by atoms with E-state index < -0.39 is 0 Å². The van der Waals surface area contributed by atoms with Gasteiger partial charge in [-0.05, 0) is 63.9 Å². The Morgan fingerprint density at radius 2 is 2.10 bits per heavy atom. The molecule has 0 radical (unpaired) electrons. The zero-order chi connectivity index (χ0) is 15.2. The van der Waals surface area contributed by atoms with Crippen LogP contribution in [0.1, 0.15) is 33.1 Å². The van der Waals surface area contributed by atoms with Crippen LogP contribution in [0.25, 0.3) is 0 Å². The Bertz CT molecular complexity index is 444. The van der Waals surface area contributed by atoms with Crippen molar-refractivity contribution in [2.24, 2.45) is 5.92 Å². The SMILES string of the molecule is CCCN1CCC(C(C)Nc2ccc(F)cc2OC)CC1. The number of anilines is 1. The van der Waals surface area contributed by atoms with E-state index in [1.54, 1.807) is 13.2 Å². The summed E-state index contributed by atoms with van der Waals surface area (Å²) in [5, 5.41) is 3.49. The van der Waals surface area contributed by atoms with Crippen molar-refractivity contribution in [2.45, 2.75) is 39.2 Å². The Kier molecular flexibility index (Phi) is 5.85. The van der Waals surface area contributed by atoms with Crippen molar-refractivity contribution in [3.8, 4) is 5.75 Å². The molecule has 3 nitrogen and oxygen atoms in total. The molecule has 4 heteroatoms. The number of halogens is 1. The number of piperidine rings is 1. The van der Waals surface area contributed by atoms with Crippen LogP contribution >= 0.6 is 0 Å². The summed E-state index contributed by atoms with van der Waals surface area (Å²) in [4.78, 5) is 2.54. The quantitative estimate of drug-likeness (QED) is 0.864. The van der Waals surface area contributed by atoms with Gasteiger partial charge in [0.15, 0.2) is 0 Å². The number of benzene rings is 1. The molecule has 1 N–H and O–H groups in total. The van der Waals surface area contributed by atoms with Gasteiger partial charge in [-0.1, -0.05) is 6.92 Å². The molecule has 1 heterocycles. The van der Waals surface area contributed by atoms with E-state index >= 15 is 0 Å². The normalized spacial score (nSPS) is 18.5. The zero-order valence-corrected chi connectivity index (χ0v) is 13.4. The smallest absolute Gasteiger partial charge is 0.144 e. The van der Waals surface area contributed by atoms with E-state index in [1.165, 1.54) is 51.0 Å². The molecular weight excluding hydrogens is 267 g/mol. The number of hydrogen-bond donors (Lipinski definition) is 1. The van der Waals surface area contributed by atoms with Gasteiger partial charge in [-0.2, -0.15) is 0 Å². The number of rotatable bonds is 6. The highest BCUT2D eigenvalue weighted by molar-refractivity contribution is 5.57. The van der Waals surface area contributed by atoms with E-state index in [4.69, 9.17) is 4.74 Å². The number of nitrogens with zero attached hydrogens (tertiary/aromatic N) is 1. The summed E-state index contributed by atoms with van der Waals surface area (Å²) in [5.41, 5.74) is 0.877. The van der Waals surface area contributed by atoms with Gasteiger partial charge < -0.3 is 15.0 Å². The van der Waals surface area contributed by atoms with Gasteiger partial charge in [0.25, 0.3) is 0 Å². The second-order valence-corrected chi connectivity index (χ2v) is 5.96. The van der Waals surface area contributed by atoms with E-state index in [1.807, 2.05) is 0 Å². The molecule has 0 amide bonds. The molecule has 1 atom stereocenters. The van der Waals surface area contributed by atoms with Crippen molar-refractivity contribution >= 4 is 5.69 Å². The first-order valence-corrected chi connectivity index (χ1v) is 7.96. The van der Waals surface area contributed by atoms with Crippen LogP contribution in [0, 0.1) is 11.7 Å². The Hall–Kier alpha value is -1.29. The van der Waals surface area contributed by atoms with E-state index in [0.29, 0.717) is 17.7 Å². The third kappa shape index (κ3) is 4.34. The monoisotopic (exact) mass is 294 g/mol. The van der Waals surface area contributed by atoms with Gasteiger partial charge in [-0.25, -0.2) is 4.39 Å². The molecule has 1 aliphatic heterocycles. The topological polar surface area (TPSA) is 24.5 Å². The first-order valence-electron chi connectivity index (χ1n) is 7.96. The molecule has 0 spiro atoms. The fraction of sp³-hybridized carbons (Fsp3) is 0.647. The predicted octanol–water partition coefficient (Wildman–Crippen LogP) is 3.76. The molecule has 1 aromatic rings. The third-order valence-corrected chi connectivity index (χ3v) is 4.43. The van der Waals surface area contributed by atoms with Gasteiger partial charge in [-0.3, -0.25) is 0 Å². The van der Waals surface area contributed by atoms with Crippen molar-refractivity contribution in [1.82, 2.24) is 4.90 Å². The van der Waals surface area contributed by atoms with Gasteiger partial charge >= 0.3 is 0 Å². The number of nitrogens with one attached hydrogen (secondary N) is 1. The lowest BCUT2D eigenvalue weighted by Crippen LogP contribution is -2.39. The minimum Gasteiger partial charge on any atom is -0.494 e. The molecule has 1 saturated heterocycles. The highest BCUT2D eigenvalue weighted by Crippen LogP contribution is 2.29. The first-order chi connectivity index (χ1) is 10.1. The maximum atomic E-state index is 13.2. The molecule has 1 aliphatic rings. The molecule has 2 rings (SSSR count). The van der Waals surface area contributed by atoms with Gasteiger partial charge in [0.05, 0.1) is 12.8 Å². The van der Waals surface area contributed by atoms with E-state index in [2.05, 4.69) is 24.1 Å². The summed E-state index contributed by atoms with van der Waals surface area (Å²) < 4.78 is 18.5. The molecule has 118 valence electrons. The van der Waals surface area contributed by atoms with Crippen LogP contribution in [-0.4, -0.2) is 37.7 Å². The fourth-order valence-electron chi connectivity index (χ4n) is 3.14. The van der Waals surface area contributed by atoms with Crippen molar-refractivity contribution < 1.29 is 9.13 Å². The average Bonchev–Trinajstić information content (AvgIpc) is 2.50. The van der Waals surface area contributed by atoms with Gasteiger partial charge in [0.1, 0.15) is 11.6 Å². The summed E-state index contributed by atoms with van der Waals surface area (Å²) >= 11 is 0. The van der Waals surface area contributed by atoms with Crippen molar-refractivity contribution in [2.75, 3.05) is 32.1 Å². The molecule has 1 unspecified atom stereocenters. The first kappa shape index (κ1) is 16.1. The van der Waals surface area contributed by atoms with Crippen LogP contribution in [0.3, 0.4) is 0 Å². The second kappa shape index (κ2) is 7.64. The maximum absolute atomic E-state index is 13.2. The Labute approximate surface area is 127 Å². The molecule has 0 aromatic heterocycles. The maximum Gasteiger partial charge on any atom is 0.144 e. The lowest BCUT2D eigenvalue weighted by molar-refractivity contribution is 0.176. The molecule has 0 bridgehead atoms. The van der Waals surface area contributed by atoms with Crippen molar-refractivity contribution in [3.05, 3.63) is 24.0 Å². The van der Waals surface area contributed by atoms with Gasteiger partial charge in [0.2, 0.25) is 0 Å².